The highest BCUT2D eigenvalue weighted by molar-refractivity contribution is 5.67. The molecule has 0 bridgehead atoms. The van der Waals surface area contributed by atoms with Crippen molar-refractivity contribution < 1.29 is 19.1 Å². The van der Waals surface area contributed by atoms with Gasteiger partial charge in [0, 0.05) is 24.9 Å². The van der Waals surface area contributed by atoms with Crippen molar-refractivity contribution in [1.29, 1.82) is 0 Å². The second-order valence-electron chi connectivity index (χ2n) is 4.39. The first kappa shape index (κ1) is 12.5. The van der Waals surface area contributed by atoms with E-state index in [1.54, 1.807) is 12.1 Å². The number of carbonyl (C=O) groups excluding carboxylic acids is 1. The third-order valence-corrected chi connectivity index (χ3v) is 3.43. The summed E-state index contributed by atoms with van der Waals surface area (Å²) in [6.45, 7) is 0.413. The minimum Gasteiger partial charge on any atom is -0.465 e. The van der Waals surface area contributed by atoms with E-state index in [0.717, 1.165) is 11.8 Å². The zero-order chi connectivity index (χ0) is 13.1. The van der Waals surface area contributed by atoms with Gasteiger partial charge in [0.2, 0.25) is 0 Å². The molecule has 0 saturated carbocycles. The van der Waals surface area contributed by atoms with Gasteiger partial charge in [-0.05, 0) is 24.1 Å². The Morgan fingerprint density at radius 1 is 1.44 bits per heavy atom. The summed E-state index contributed by atoms with van der Waals surface area (Å²) in [5, 5.41) is 9.07. The Balaban J connectivity index is 2.24. The first-order chi connectivity index (χ1) is 8.63. The fraction of sp³-hybridized carbons (Fsp3) is 0.385. The van der Waals surface area contributed by atoms with Crippen molar-refractivity contribution in [3.8, 4) is 0 Å². The number of aldehydes is 1. The predicted molar refractivity (Wildman–Crippen MR) is 63.0 cm³/mol. The number of nitrogens with zero attached hydrogens (tertiary/aromatic N) is 1. The lowest BCUT2D eigenvalue weighted by Gasteiger charge is -2.24. The standard InChI is InChI=1S/C13H14FNO3/c14-10-3-1-9(2-4-10)11-5-7-15(13(17)18)12(11)6-8-16/h1-4,8,11-12H,5-7H2,(H,17,18). The van der Waals surface area contributed by atoms with Crippen LogP contribution in [0.2, 0.25) is 0 Å². The normalized spacial score (nSPS) is 23.1. The number of likely N-dealkylation sites (tertiary alicyclic amines) is 1. The van der Waals surface area contributed by atoms with E-state index in [1.807, 2.05) is 0 Å². The summed E-state index contributed by atoms with van der Waals surface area (Å²) >= 11 is 0. The second-order valence-corrected chi connectivity index (χ2v) is 4.39. The topological polar surface area (TPSA) is 57.6 Å². The fourth-order valence-corrected chi connectivity index (χ4v) is 2.58. The molecule has 1 aliphatic heterocycles. The smallest absolute Gasteiger partial charge is 0.407 e. The van der Waals surface area contributed by atoms with Gasteiger partial charge in [0.05, 0.1) is 0 Å². The summed E-state index contributed by atoms with van der Waals surface area (Å²) in [5.41, 5.74) is 0.881. The lowest BCUT2D eigenvalue weighted by Crippen LogP contribution is -2.36. The number of amides is 1. The van der Waals surface area contributed by atoms with E-state index in [1.165, 1.54) is 17.0 Å². The molecule has 1 amide bonds. The van der Waals surface area contributed by atoms with E-state index < -0.39 is 6.09 Å². The van der Waals surface area contributed by atoms with Crippen LogP contribution in [0.15, 0.2) is 24.3 Å². The number of halogens is 1. The molecule has 96 valence electrons. The Bertz CT molecular complexity index is 446. The molecule has 1 aliphatic rings. The highest BCUT2D eigenvalue weighted by atomic mass is 19.1. The molecule has 1 fully saturated rings. The lowest BCUT2D eigenvalue weighted by atomic mass is 9.90. The molecule has 1 N–H and O–H groups in total. The molecular weight excluding hydrogens is 237 g/mol. The van der Waals surface area contributed by atoms with Crippen molar-refractivity contribution in [3.63, 3.8) is 0 Å². The molecule has 5 heteroatoms. The van der Waals surface area contributed by atoms with Gasteiger partial charge in [0.15, 0.2) is 0 Å². The van der Waals surface area contributed by atoms with Gasteiger partial charge >= 0.3 is 6.09 Å². The lowest BCUT2D eigenvalue weighted by molar-refractivity contribution is -0.108. The number of carbonyl (C=O) groups is 2. The third-order valence-electron chi connectivity index (χ3n) is 3.43. The predicted octanol–water partition coefficient (Wildman–Crippen LogP) is 2.25. The molecule has 2 rings (SSSR count). The first-order valence-electron chi connectivity index (χ1n) is 5.82. The number of hydrogen-bond acceptors (Lipinski definition) is 2. The Morgan fingerprint density at radius 2 is 2.11 bits per heavy atom. The molecule has 1 aromatic rings. The van der Waals surface area contributed by atoms with Crippen molar-refractivity contribution >= 4 is 12.4 Å². The molecule has 2 unspecified atom stereocenters. The molecule has 1 aromatic carbocycles. The summed E-state index contributed by atoms with van der Waals surface area (Å²) < 4.78 is 12.9. The molecular formula is C13H14FNO3. The van der Waals surface area contributed by atoms with Crippen LogP contribution < -0.4 is 0 Å². The van der Waals surface area contributed by atoms with Gasteiger partial charge in [-0.25, -0.2) is 9.18 Å². The molecule has 0 radical (unpaired) electrons. The number of hydrogen-bond donors (Lipinski definition) is 1. The highest BCUT2D eigenvalue weighted by Crippen LogP contribution is 2.34. The minimum absolute atomic E-state index is 0.0353. The van der Waals surface area contributed by atoms with E-state index >= 15 is 0 Å². The maximum Gasteiger partial charge on any atom is 0.407 e. The van der Waals surface area contributed by atoms with Gasteiger partial charge in [0.25, 0.3) is 0 Å². The first-order valence-corrected chi connectivity index (χ1v) is 5.82. The Kier molecular flexibility index (Phi) is 3.60. The summed E-state index contributed by atoms with van der Waals surface area (Å²) in [5.74, 6) is -0.356. The summed E-state index contributed by atoms with van der Waals surface area (Å²) in [4.78, 5) is 23.0. The van der Waals surface area contributed by atoms with Crippen LogP contribution in [0.4, 0.5) is 9.18 Å². The zero-order valence-electron chi connectivity index (χ0n) is 9.75. The van der Waals surface area contributed by atoms with E-state index in [9.17, 15) is 14.0 Å². The second kappa shape index (κ2) is 5.16. The average Bonchev–Trinajstić information content (AvgIpc) is 2.74. The van der Waals surface area contributed by atoms with E-state index in [0.29, 0.717) is 13.0 Å². The van der Waals surface area contributed by atoms with Crippen molar-refractivity contribution in [2.24, 2.45) is 0 Å². The Morgan fingerprint density at radius 3 is 2.67 bits per heavy atom. The van der Waals surface area contributed by atoms with Crippen LogP contribution in [0.5, 0.6) is 0 Å². The van der Waals surface area contributed by atoms with Crippen LogP contribution >= 0.6 is 0 Å². The van der Waals surface area contributed by atoms with Crippen LogP contribution in [0, 0.1) is 5.82 Å². The SMILES string of the molecule is O=CCC1C(c2ccc(F)cc2)CCN1C(=O)O. The number of rotatable bonds is 3. The van der Waals surface area contributed by atoms with Gasteiger partial charge in [-0.2, -0.15) is 0 Å². The maximum absolute atomic E-state index is 12.9. The van der Waals surface area contributed by atoms with Gasteiger partial charge in [0.1, 0.15) is 12.1 Å². The summed E-state index contributed by atoms with van der Waals surface area (Å²) in [7, 11) is 0. The van der Waals surface area contributed by atoms with Gasteiger partial charge in [-0.1, -0.05) is 12.1 Å². The molecule has 2 atom stereocenters. The minimum atomic E-state index is -1.01. The summed E-state index contributed by atoms with van der Waals surface area (Å²) in [6, 6.07) is 5.69. The average molecular weight is 251 g/mol. The molecule has 0 aliphatic carbocycles. The highest BCUT2D eigenvalue weighted by Gasteiger charge is 2.37. The van der Waals surface area contributed by atoms with Gasteiger partial charge in [-0.3, -0.25) is 0 Å². The van der Waals surface area contributed by atoms with Crippen LogP contribution in [-0.4, -0.2) is 35.0 Å². The van der Waals surface area contributed by atoms with Crippen molar-refractivity contribution in [2.75, 3.05) is 6.54 Å². The molecule has 1 heterocycles. The van der Waals surface area contributed by atoms with E-state index in [2.05, 4.69) is 0 Å². The van der Waals surface area contributed by atoms with Crippen molar-refractivity contribution in [2.45, 2.75) is 24.8 Å². The van der Waals surface area contributed by atoms with Crippen LogP contribution in [-0.2, 0) is 4.79 Å². The Labute approximate surface area is 104 Å². The van der Waals surface area contributed by atoms with Crippen molar-refractivity contribution in [1.82, 2.24) is 4.90 Å². The fourth-order valence-electron chi connectivity index (χ4n) is 2.58. The van der Waals surface area contributed by atoms with Gasteiger partial charge in [-0.15, -0.1) is 0 Å². The van der Waals surface area contributed by atoms with E-state index in [4.69, 9.17) is 5.11 Å². The van der Waals surface area contributed by atoms with Crippen LogP contribution in [0.25, 0.3) is 0 Å². The maximum atomic E-state index is 12.9. The molecule has 4 nitrogen and oxygen atoms in total. The van der Waals surface area contributed by atoms with Crippen molar-refractivity contribution in [3.05, 3.63) is 35.6 Å². The summed E-state index contributed by atoms with van der Waals surface area (Å²) in [6.07, 6.45) is 0.569. The molecule has 18 heavy (non-hydrogen) atoms. The monoisotopic (exact) mass is 251 g/mol. The van der Waals surface area contributed by atoms with Gasteiger partial charge < -0.3 is 14.8 Å². The number of benzene rings is 1. The Hall–Kier alpha value is -1.91. The largest absolute Gasteiger partial charge is 0.465 e. The zero-order valence-corrected chi connectivity index (χ0v) is 9.75. The van der Waals surface area contributed by atoms with E-state index in [-0.39, 0.29) is 24.2 Å². The molecule has 0 aromatic heterocycles. The van der Waals surface area contributed by atoms with Crippen LogP contribution in [0.1, 0.15) is 24.3 Å². The molecule has 1 saturated heterocycles. The number of carboxylic acid groups (broad SMARTS) is 1. The third kappa shape index (κ3) is 2.34. The quantitative estimate of drug-likeness (QED) is 0.838. The van der Waals surface area contributed by atoms with Crippen LogP contribution in [0.3, 0.4) is 0 Å². The molecule has 0 spiro atoms.